The predicted octanol–water partition coefficient (Wildman–Crippen LogP) is -3.14. The first-order chi connectivity index (χ1) is 6.80. The van der Waals surface area contributed by atoms with Gasteiger partial charge in [-0.15, -0.1) is 0 Å². The van der Waals surface area contributed by atoms with Gasteiger partial charge in [0.2, 0.25) is 0 Å². The molecule has 0 heterocycles. The summed E-state index contributed by atoms with van der Waals surface area (Å²) in [5.41, 5.74) is 0.335. The fourth-order valence-corrected chi connectivity index (χ4v) is 3.05. The van der Waals surface area contributed by atoms with Crippen LogP contribution in [0.3, 0.4) is 0 Å². The van der Waals surface area contributed by atoms with Crippen molar-refractivity contribution in [1.29, 1.82) is 0 Å². The van der Waals surface area contributed by atoms with Crippen LogP contribution in [0.15, 0.2) is 18.2 Å². The summed E-state index contributed by atoms with van der Waals surface area (Å²) >= 11 is 0.548. The van der Waals surface area contributed by atoms with Crippen LogP contribution in [-0.4, -0.2) is 32.3 Å². The molecule has 5 nitrogen and oxygen atoms in total. The smallest absolute Gasteiger partial charge is 1.00 e. The number of amides is 1. The van der Waals surface area contributed by atoms with E-state index in [-0.39, 0.29) is 44.0 Å². The minimum Gasteiger partial charge on any atom is 1.00 e. The third-order valence-electron chi connectivity index (χ3n) is 1.60. The Morgan fingerprint density at radius 2 is 2.00 bits per heavy atom. The number of anilines is 1. The fourth-order valence-electron chi connectivity index (χ4n) is 0.976. The molecule has 0 aliphatic heterocycles. The van der Waals surface area contributed by atoms with Crippen molar-refractivity contribution in [2.24, 2.45) is 0 Å². The molecule has 16 heavy (non-hydrogen) atoms. The molecule has 0 aliphatic rings. The van der Waals surface area contributed by atoms with Gasteiger partial charge in [-0.1, -0.05) is 0 Å². The fraction of sp³-hybridized carbons (Fsp3) is 0.125. The molecular formula is C8H9ClNNaO4Sb+. The monoisotopic (exact) mass is 362 g/mol. The van der Waals surface area contributed by atoms with Crippen LogP contribution in [0.25, 0.3) is 0 Å². The topological polar surface area (TPSA) is 86.6 Å². The van der Waals surface area contributed by atoms with Crippen LogP contribution in [0, 0.1) is 0 Å². The summed E-state index contributed by atoms with van der Waals surface area (Å²) in [4.78, 5) is 10.7. The Bertz CT molecular complexity index is 448. The van der Waals surface area contributed by atoms with Gasteiger partial charge in [-0.25, -0.2) is 0 Å². The molecule has 0 atom stereocenters. The molecule has 1 rings (SSSR count). The van der Waals surface area contributed by atoms with Crippen molar-refractivity contribution < 1.29 is 44.1 Å². The number of rotatable bonds is 2. The summed E-state index contributed by atoms with van der Waals surface area (Å²) in [6, 6.07) is 3.80. The number of benzene rings is 1. The first-order valence-corrected chi connectivity index (χ1v) is 8.92. The zero-order valence-corrected chi connectivity index (χ0v) is 14.1. The number of hydrogen-bond donors (Lipinski definition) is 3. The minimum atomic E-state index is -5.19. The van der Waals surface area contributed by atoms with Crippen molar-refractivity contribution >= 4 is 46.3 Å². The van der Waals surface area contributed by atoms with E-state index in [1.807, 2.05) is 0 Å². The zero-order valence-electron chi connectivity index (χ0n) is 8.77. The van der Waals surface area contributed by atoms with E-state index in [1.54, 1.807) is 0 Å². The molecule has 1 amide bonds. The van der Waals surface area contributed by atoms with E-state index in [0.29, 0.717) is 5.69 Å². The Balaban J connectivity index is 0.00000225. The van der Waals surface area contributed by atoms with Crippen molar-refractivity contribution in [1.82, 2.24) is 0 Å². The van der Waals surface area contributed by atoms with Gasteiger partial charge in [0.25, 0.3) is 0 Å². The Hall–Kier alpha value is 0.518. The molecule has 0 spiro atoms. The molecule has 82 valence electrons. The summed E-state index contributed by atoms with van der Waals surface area (Å²) in [5, 5.41) is 2.55. The molecule has 0 saturated carbocycles. The van der Waals surface area contributed by atoms with Crippen LogP contribution in [0.2, 0.25) is 5.02 Å². The second-order valence-corrected chi connectivity index (χ2v) is 7.88. The summed E-state index contributed by atoms with van der Waals surface area (Å²) < 4.78 is 28.7. The zero-order chi connectivity index (χ0) is 11.6. The summed E-state index contributed by atoms with van der Waals surface area (Å²) in [5.74, 6) is -0.298. The standard InChI is InChI=1S/C8H7ClNO.Na.2H2O.O.Sb/c1-6(11)10-8-5-3-2-4-7(8)9;;;;;/h3-5H,1H3,(H,10,11);;2*1H2;;/q;+1;;;;+2/p-2. The Morgan fingerprint density at radius 1 is 1.44 bits per heavy atom. The van der Waals surface area contributed by atoms with Crippen LogP contribution in [-0.2, 0) is 7.81 Å². The van der Waals surface area contributed by atoms with Crippen molar-refractivity contribution in [2.45, 2.75) is 6.92 Å². The number of nitrogens with one attached hydrogen (secondary N) is 1. The van der Waals surface area contributed by atoms with E-state index in [9.17, 15) is 7.81 Å². The van der Waals surface area contributed by atoms with E-state index in [4.69, 9.17) is 18.4 Å². The number of hydrogen-bond acceptors (Lipinski definition) is 2. The molecule has 0 aromatic heterocycles. The third-order valence-corrected chi connectivity index (χ3v) is 4.63. The third kappa shape index (κ3) is 4.80. The summed E-state index contributed by atoms with van der Waals surface area (Å²) in [6.07, 6.45) is 0. The number of halogens is 1. The number of carbonyl (C=O) groups is 1. The van der Waals surface area contributed by atoms with Gasteiger partial charge in [-0.3, -0.25) is 0 Å². The van der Waals surface area contributed by atoms with Gasteiger partial charge in [0.1, 0.15) is 0 Å². The molecule has 0 bridgehead atoms. The molecule has 0 aliphatic carbocycles. The molecule has 1 aromatic carbocycles. The molecule has 0 fully saturated rings. The molecule has 1 aromatic rings. The Kier molecular flexibility index (Phi) is 6.66. The largest absolute Gasteiger partial charge is 1.00 e. The Morgan fingerprint density at radius 3 is 2.38 bits per heavy atom. The van der Waals surface area contributed by atoms with Crippen LogP contribution in [0.4, 0.5) is 5.69 Å². The molecule has 0 unspecified atom stereocenters. The molecule has 3 N–H and O–H groups in total. The number of carbonyl (C=O) groups excluding carboxylic acids is 1. The van der Waals surface area contributed by atoms with Crippen LogP contribution in [0.5, 0.6) is 0 Å². The van der Waals surface area contributed by atoms with Crippen LogP contribution in [0.1, 0.15) is 6.92 Å². The van der Waals surface area contributed by atoms with E-state index in [0.717, 1.165) is 0 Å². The van der Waals surface area contributed by atoms with Gasteiger partial charge in [0.05, 0.1) is 0 Å². The van der Waals surface area contributed by atoms with E-state index in [2.05, 4.69) is 5.32 Å². The van der Waals surface area contributed by atoms with E-state index >= 15 is 0 Å². The van der Waals surface area contributed by atoms with Crippen molar-refractivity contribution in [2.75, 3.05) is 5.32 Å². The quantitative estimate of drug-likeness (QED) is 0.485. The first-order valence-electron chi connectivity index (χ1n) is 3.94. The van der Waals surface area contributed by atoms with Crippen molar-refractivity contribution in [3.8, 4) is 0 Å². The second-order valence-electron chi connectivity index (χ2n) is 2.89. The summed E-state index contributed by atoms with van der Waals surface area (Å²) in [7, 11) is 0. The maximum atomic E-state index is 11.0. The van der Waals surface area contributed by atoms with Gasteiger partial charge in [-0.05, 0) is 0 Å². The van der Waals surface area contributed by atoms with Crippen molar-refractivity contribution in [3.63, 3.8) is 0 Å². The van der Waals surface area contributed by atoms with E-state index < -0.39 is 19.6 Å². The van der Waals surface area contributed by atoms with E-state index in [1.165, 1.54) is 25.1 Å². The van der Waals surface area contributed by atoms with Gasteiger partial charge >= 0.3 is 126 Å². The maximum Gasteiger partial charge on any atom is 1.00 e. The van der Waals surface area contributed by atoms with Gasteiger partial charge in [-0.2, -0.15) is 0 Å². The average Bonchev–Trinajstić information content (AvgIpc) is 2.05. The average molecular weight is 363 g/mol. The minimum absolute atomic E-state index is 0. The van der Waals surface area contributed by atoms with Gasteiger partial charge in [0, 0.05) is 0 Å². The SMILES string of the molecule is CC(=O)Nc1cc[c]([Sb](=[O])([OH])[OH])cc1Cl.[Na+]. The van der Waals surface area contributed by atoms with Crippen LogP contribution >= 0.6 is 11.6 Å². The first kappa shape index (κ1) is 16.5. The predicted molar refractivity (Wildman–Crippen MR) is 56.3 cm³/mol. The molecule has 8 heteroatoms. The molecule has 0 radical (unpaired) electrons. The molecule has 0 saturated heterocycles. The second kappa shape index (κ2) is 6.45. The van der Waals surface area contributed by atoms with Crippen molar-refractivity contribution in [3.05, 3.63) is 23.2 Å². The van der Waals surface area contributed by atoms with Crippen LogP contribution < -0.4 is 38.4 Å². The van der Waals surface area contributed by atoms with Gasteiger partial charge in [0.15, 0.2) is 0 Å². The Labute approximate surface area is 125 Å². The summed E-state index contributed by atoms with van der Waals surface area (Å²) in [6.45, 7) is 1.32. The van der Waals surface area contributed by atoms with Gasteiger partial charge < -0.3 is 0 Å². The molecular weight excluding hydrogens is 354 g/mol. The normalized spacial score (nSPS) is 10.5. The maximum absolute atomic E-state index is 11.0.